The van der Waals surface area contributed by atoms with Gasteiger partial charge in [0.2, 0.25) is 5.91 Å². The first-order valence-electron chi connectivity index (χ1n) is 6.36. The molecule has 0 radical (unpaired) electrons. The largest absolute Gasteiger partial charge is 0.397 e. The van der Waals surface area contributed by atoms with E-state index in [-0.39, 0.29) is 11.9 Å². The Balaban J connectivity index is 2.07. The molecule has 0 spiro atoms. The summed E-state index contributed by atoms with van der Waals surface area (Å²) in [6.07, 6.45) is 0. The molecule has 1 aromatic rings. The van der Waals surface area contributed by atoms with E-state index in [1.54, 1.807) is 12.1 Å². The summed E-state index contributed by atoms with van der Waals surface area (Å²) in [5.74, 6) is -0.150. The number of rotatable bonds is 3. The molecule has 0 aromatic heterocycles. The second-order valence-electron chi connectivity index (χ2n) is 4.67. The van der Waals surface area contributed by atoms with Crippen molar-refractivity contribution in [3.63, 3.8) is 0 Å². The van der Waals surface area contributed by atoms with Crippen LogP contribution in [0.4, 0.5) is 11.4 Å². The van der Waals surface area contributed by atoms with Crippen LogP contribution in [0.15, 0.2) is 12.1 Å². The molecule has 1 atom stereocenters. The molecule has 5 nitrogen and oxygen atoms in total. The molecule has 0 bridgehead atoms. The van der Waals surface area contributed by atoms with Crippen molar-refractivity contribution in [2.45, 2.75) is 13.0 Å². The number of hydrogen-bond acceptors (Lipinski definition) is 4. The summed E-state index contributed by atoms with van der Waals surface area (Å²) in [5, 5.41) is 3.53. The van der Waals surface area contributed by atoms with Gasteiger partial charge in [-0.3, -0.25) is 9.69 Å². The number of nitrogens with two attached hydrogens (primary N) is 1. The van der Waals surface area contributed by atoms with Crippen molar-refractivity contribution >= 4 is 40.5 Å². The summed E-state index contributed by atoms with van der Waals surface area (Å²) in [4.78, 5) is 14.3. The number of carbonyl (C=O) groups is 1. The highest BCUT2D eigenvalue weighted by atomic mass is 35.5. The molecule has 1 heterocycles. The molecule has 1 saturated heterocycles. The van der Waals surface area contributed by atoms with Gasteiger partial charge < -0.3 is 15.8 Å². The topological polar surface area (TPSA) is 67.6 Å². The first-order chi connectivity index (χ1) is 9.49. The van der Waals surface area contributed by atoms with Gasteiger partial charge in [-0.25, -0.2) is 0 Å². The first kappa shape index (κ1) is 15.4. The van der Waals surface area contributed by atoms with Crippen LogP contribution in [-0.2, 0) is 9.53 Å². The Labute approximate surface area is 128 Å². The molecule has 2 rings (SSSR count). The van der Waals surface area contributed by atoms with Crippen molar-refractivity contribution in [3.05, 3.63) is 22.2 Å². The summed E-state index contributed by atoms with van der Waals surface area (Å²) in [5.41, 5.74) is 6.59. The second kappa shape index (κ2) is 6.63. The molecule has 0 saturated carbocycles. The van der Waals surface area contributed by atoms with Gasteiger partial charge in [-0.05, 0) is 19.1 Å². The number of ether oxygens (including phenoxy) is 1. The van der Waals surface area contributed by atoms with E-state index in [2.05, 4.69) is 10.2 Å². The lowest BCUT2D eigenvalue weighted by molar-refractivity contribution is -0.122. The molecule has 0 aliphatic carbocycles. The number of nitrogens with one attached hydrogen (secondary N) is 1. The van der Waals surface area contributed by atoms with E-state index >= 15 is 0 Å². The molecule has 1 fully saturated rings. The Kier molecular flexibility index (Phi) is 5.10. The molecular weight excluding hydrogens is 301 g/mol. The van der Waals surface area contributed by atoms with Crippen LogP contribution in [0.3, 0.4) is 0 Å². The SMILES string of the molecule is CC(C(=O)Nc1c(N)cc(Cl)cc1Cl)N1CCOCC1. The van der Waals surface area contributed by atoms with Gasteiger partial charge in [0, 0.05) is 18.1 Å². The average molecular weight is 318 g/mol. The van der Waals surface area contributed by atoms with Gasteiger partial charge in [0.15, 0.2) is 0 Å². The maximum Gasteiger partial charge on any atom is 0.241 e. The van der Waals surface area contributed by atoms with Crippen molar-refractivity contribution in [1.82, 2.24) is 4.90 Å². The van der Waals surface area contributed by atoms with E-state index in [9.17, 15) is 4.79 Å². The highest BCUT2D eigenvalue weighted by molar-refractivity contribution is 6.37. The van der Waals surface area contributed by atoms with Crippen LogP contribution in [0.1, 0.15) is 6.92 Å². The maximum absolute atomic E-state index is 12.3. The van der Waals surface area contributed by atoms with Gasteiger partial charge in [-0.1, -0.05) is 23.2 Å². The average Bonchev–Trinajstić information content (AvgIpc) is 2.42. The zero-order valence-electron chi connectivity index (χ0n) is 11.2. The van der Waals surface area contributed by atoms with Crippen molar-refractivity contribution in [1.29, 1.82) is 0 Å². The second-order valence-corrected chi connectivity index (χ2v) is 5.51. The smallest absolute Gasteiger partial charge is 0.241 e. The van der Waals surface area contributed by atoms with Gasteiger partial charge in [-0.2, -0.15) is 0 Å². The third kappa shape index (κ3) is 3.55. The summed E-state index contributed by atoms with van der Waals surface area (Å²) >= 11 is 11.9. The van der Waals surface area contributed by atoms with Crippen LogP contribution in [0.25, 0.3) is 0 Å². The predicted molar refractivity (Wildman–Crippen MR) is 81.4 cm³/mol. The van der Waals surface area contributed by atoms with Gasteiger partial charge in [0.1, 0.15) is 0 Å². The maximum atomic E-state index is 12.3. The first-order valence-corrected chi connectivity index (χ1v) is 7.12. The molecule has 3 N–H and O–H groups in total. The number of amides is 1. The Hall–Kier alpha value is -1.01. The van der Waals surface area contributed by atoms with Crippen LogP contribution >= 0.6 is 23.2 Å². The van der Waals surface area contributed by atoms with E-state index in [4.69, 9.17) is 33.7 Å². The van der Waals surface area contributed by atoms with Crippen molar-refractivity contribution in [2.24, 2.45) is 0 Å². The van der Waals surface area contributed by atoms with Gasteiger partial charge in [0.05, 0.1) is 35.7 Å². The molecule has 110 valence electrons. The molecule has 7 heteroatoms. The number of hydrogen-bond donors (Lipinski definition) is 2. The predicted octanol–water partition coefficient (Wildman–Crippen LogP) is 2.23. The fourth-order valence-electron chi connectivity index (χ4n) is 2.08. The summed E-state index contributed by atoms with van der Waals surface area (Å²) < 4.78 is 5.27. The van der Waals surface area contributed by atoms with Gasteiger partial charge >= 0.3 is 0 Å². The van der Waals surface area contributed by atoms with E-state index in [1.807, 2.05) is 6.92 Å². The lowest BCUT2D eigenvalue weighted by Crippen LogP contribution is -2.47. The van der Waals surface area contributed by atoms with Crippen molar-refractivity contribution < 1.29 is 9.53 Å². The van der Waals surface area contributed by atoms with E-state index in [0.717, 1.165) is 13.1 Å². The lowest BCUT2D eigenvalue weighted by Gasteiger charge is -2.31. The molecule has 1 unspecified atom stereocenters. The molecular formula is C13H17Cl2N3O2. The van der Waals surface area contributed by atoms with Gasteiger partial charge in [-0.15, -0.1) is 0 Å². The third-order valence-corrected chi connectivity index (χ3v) is 3.82. The van der Waals surface area contributed by atoms with Crippen molar-refractivity contribution in [3.8, 4) is 0 Å². The Morgan fingerprint density at radius 1 is 1.40 bits per heavy atom. The fraction of sp³-hybridized carbons (Fsp3) is 0.462. The molecule has 20 heavy (non-hydrogen) atoms. The standard InChI is InChI=1S/C13H17Cl2N3O2/c1-8(18-2-4-20-5-3-18)13(19)17-12-10(15)6-9(14)7-11(12)16/h6-8H,2-5,16H2,1H3,(H,17,19). The number of carbonyl (C=O) groups excluding carboxylic acids is 1. The molecule has 1 aromatic carbocycles. The Morgan fingerprint density at radius 3 is 2.65 bits per heavy atom. The summed E-state index contributed by atoms with van der Waals surface area (Å²) in [7, 11) is 0. The van der Waals surface area contributed by atoms with Crippen molar-refractivity contribution in [2.75, 3.05) is 37.4 Å². The highest BCUT2D eigenvalue weighted by Gasteiger charge is 2.24. The minimum absolute atomic E-state index is 0.150. The monoisotopic (exact) mass is 317 g/mol. The van der Waals surface area contributed by atoms with Crippen LogP contribution in [-0.4, -0.2) is 43.2 Å². The number of benzene rings is 1. The third-order valence-electron chi connectivity index (χ3n) is 3.31. The van der Waals surface area contributed by atoms with Gasteiger partial charge in [0.25, 0.3) is 0 Å². The fourth-order valence-corrected chi connectivity index (χ4v) is 2.64. The number of morpholine rings is 1. The van der Waals surface area contributed by atoms with E-state index < -0.39 is 0 Å². The lowest BCUT2D eigenvalue weighted by atomic mass is 10.2. The van der Waals surface area contributed by atoms with Crippen LogP contribution in [0.5, 0.6) is 0 Å². The van der Waals surface area contributed by atoms with Crippen LogP contribution < -0.4 is 11.1 Å². The quantitative estimate of drug-likeness (QED) is 0.839. The zero-order valence-corrected chi connectivity index (χ0v) is 12.7. The Morgan fingerprint density at radius 2 is 2.05 bits per heavy atom. The highest BCUT2D eigenvalue weighted by Crippen LogP contribution is 2.32. The van der Waals surface area contributed by atoms with E-state index in [1.165, 1.54) is 0 Å². The Bertz CT molecular complexity index is 481. The minimum Gasteiger partial charge on any atom is -0.397 e. The zero-order chi connectivity index (χ0) is 14.7. The van der Waals surface area contributed by atoms with Crippen LogP contribution in [0, 0.1) is 0 Å². The van der Waals surface area contributed by atoms with Crippen LogP contribution in [0.2, 0.25) is 10.0 Å². The molecule has 1 aliphatic rings. The number of nitrogens with zero attached hydrogens (tertiary/aromatic N) is 1. The molecule has 1 aliphatic heterocycles. The minimum atomic E-state index is -0.273. The number of anilines is 2. The molecule has 1 amide bonds. The summed E-state index contributed by atoms with van der Waals surface area (Å²) in [6.45, 7) is 4.60. The number of halogens is 2. The normalized spacial score (nSPS) is 17.8. The van der Waals surface area contributed by atoms with E-state index in [0.29, 0.717) is 34.6 Å². The summed E-state index contributed by atoms with van der Waals surface area (Å²) in [6, 6.07) is 2.83. The number of nitrogen functional groups attached to an aromatic ring is 1.